The summed E-state index contributed by atoms with van der Waals surface area (Å²) in [5, 5.41) is 7.19. The first-order valence-corrected chi connectivity index (χ1v) is 7.36. The molecule has 0 spiro atoms. The van der Waals surface area contributed by atoms with Crippen molar-refractivity contribution in [2.24, 2.45) is 5.73 Å². The summed E-state index contributed by atoms with van der Waals surface area (Å²) in [4.78, 5) is 8.78. The van der Waals surface area contributed by atoms with Gasteiger partial charge in [0.15, 0.2) is 0 Å². The molecule has 0 radical (unpaired) electrons. The Labute approximate surface area is 125 Å². The van der Waals surface area contributed by atoms with Crippen molar-refractivity contribution >= 4 is 27.7 Å². The predicted molar refractivity (Wildman–Crippen MR) is 68.1 cm³/mol. The topological polar surface area (TPSA) is 63.3 Å². The van der Waals surface area contributed by atoms with Gasteiger partial charge in [-0.25, -0.2) is 4.79 Å². The minimum atomic E-state index is -1.33. The fraction of sp³-hybridized carbons (Fsp3) is 0.889. The van der Waals surface area contributed by atoms with Crippen LogP contribution >= 0.6 is 21.6 Å². The van der Waals surface area contributed by atoms with E-state index in [1.165, 1.54) is 37.2 Å². The summed E-state index contributed by atoms with van der Waals surface area (Å²) in [7, 11) is 4.07. The Morgan fingerprint density at radius 2 is 1.47 bits per heavy atom. The molecule has 0 rings (SSSR count). The second kappa shape index (κ2) is 20.4. The Morgan fingerprint density at radius 3 is 1.67 bits per heavy atom. The molecule has 0 aliphatic heterocycles. The summed E-state index contributed by atoms with van der Waals surface area (Å²) >= 11 is 0. The molecule has 88 valence electrons. The molecule has 0 aromatic heterocycles. The number of hydrogen-bond acceptors (Lipinski definition) is 3. The molecule has 3 nitrogen and oxygen atoms in total. The molecule has 0 unspecified atom stereocenters. The Kier molecular flexibility index (Phi) is 28.9. The van der Waals surface area contributed by atoms with Gasteiger partial charge in [-0.3, -0.25) is 0 Å². The Morgan fingerprint density at radius 1 is 1.20 bits per heavy atom. The third kappa shape index (κ3) is 39.6. The summed E-state index contributed by atoms with van der Waals surface area (Å²) < 4.78 is 0. The van der Waals surface area contributed by atoms with Crippen molar-refractivity contribution in [2.75, 3.05) is 11.5 Å². The zero-order valence-electron chi connectivity index (χ0n) is 11.0. The maximum Gasteiger partial charge on any atom is 1.00 e. The largest absolute Gasteiger partial charge is 1.00 e. The van der Waals surface area contributed by atoms with Crippen LogP contribution in [0.15, 0.2) is 0 Å². The van der Waals surface area contributed by atoms with Crippen LogP contribution in [0.2, 0.25) is 0 Å². The smallest absolute Gasteiger partial charge is 1.00 e. The van der Waals surface area contributed by atoms with Crippen molar-refractivity contribution in [1.82, 2.24) is 0 Å². The first-order chi connectivity index (χ1) is 6.65. The van der Waals surface area contributed by atoms with E-state index in [-0.39, 0.29) is 31.0 Å². The van der Waals surface area contributed by atoms with Gasteiger partial charge in [-0.1, -0.05) is 48.3 Å². The van der Waals surface area contributed by atoms with Gasteiger partial charge in [0.25, 0.3) is 0 Å². The van der Waals surface area contributed by atoms with Crippen LogP contribution in [0.3, 0.4) is 0 Å². The van der Waals surface area contributed by atoms with E-state index >= 15 is 0 Å². The number of carboxylic acid groups (broad SMARTS) is 1. The minimum Gasteiger partial charge on any atom is -1.00 e. The number of rotatable bonds is 7. The number of nitrogens with two attached hydrogens (primary N) is 1. The molecule has 0 fully saturated rings. The molecular formula is C9H22NNaO2S2. The second-order valence-electron chi connectivity index (χ2n) is 2.69. The van der Waals surface area contributed by atoms with Gasteiger partial charge in [0, 0.05) is 11.5 Å². The summed E-state index contributed by atoms with van der Waals surface area (Å²) in [5.41, 5.74) is 4.03. The van der Waals surface area contributed by atoms with Gasteiger partial charge in [-0.05, 0) is 12.8 Å². The Balaban J connectivity index is -0.000000105. The molecule has 6 heteroatoms. The summed E-state index contributed by atoms with van der Waals surface area (Å²) in [5.74, 6) is 2.68. The van der Waals surface area contributed by atoms with Gasteiger partial charge in [-0.2, -0.15) is 0 Å². The van der Waals surface area contributed by atoms with Gasteiger partial charge in [0.1, 0.15) is 0 Å². The molecule has 0 aliphatic carbocycles. The number of hydrogen-bond donors (Lipinski definition) is 2. The number of unbranched alkanes of at least 4 members (excludes halogenated alkanes) is 2. The van der Waals surface area contributed by atoms with E-state index in [4.69, 9.17) is 9.90 Å². The number of amides is 1. The second-order valence-corrected chi connectivity index (χ2v) is 5.39. The Bertz CT molecular complexity index is 122. The average Bonchev–Trinajstić information content (AvgIpc) is 2.10. The molecule has 0 atom stereocenters. The van der Waals surface area contributed by atoms with E-state index in [0.717, 1.165) is 0 Å². The average molecular weight is 263 g/mol. The van der Waals surface area contributed by atoms with Crippen molar-refractivity contribution < 1.29 is 40.9 Å². The van der Waals surface area contributed by atoms with Crippen molar-refractivity contribution in [1.29, 1.82) is 0 Å². The first-order valence-electron chi connectivity index (χ1n) is 4.87. The van der Waals surface area contributed by atoms with Crippen LogP contribution in [0.1, 0.15) is 41.0 Å². The molecule has 0 aromatic rings. The van der Waals surface area contributed by atoms with Crippen LogP contribution in [0.25, 0.3) is 0 Å². The van der Waals surface area contributed by atoms with E-state index in [2.05, 4.69) is 19.6 Å². The maximum absolute atomic E-state index is 8.78. The summed E-state index contributed by atoms with van der Waals surface area (Å²) in [6, 6.07) is 0. The molecule has 3 N–H and O–H groups in total. The monoisotopic (exact) mass is 263 g/mol. The third-order valence-electron chi connectivity index (χ3n) is 1.25. The van der Waals surface area contributed by atoms with Crippen LogP contribution in [0.5, 0.6) is 0 Å². The van der Waals surface area contributed by atoms with Crippen molar-refractivity contribution in [2.45, 2.75) is 39.5 Å². The normalized spacial score (nSPS) is 8.40. The minimum absolute atomic E-state index is 0. The molecule has 0 aromatic carbocycles. The maximum atomic E-state index is 8.78. The summed E-state index contributed by atoms with van der Waals surface area (Å²) in [6.07, 6.45) is 4.09. The molecule has 0 heterocycles. The first kappa shape index (κ1) is 21.3. The quantitative estimate of drug-likeness (QED) is 0.403. The number of carbonyl (C=O) groups is 1. The Hall–Kier alpha value is 0.970. The van der Waals surface area contributed by atoms with Crippen molar-refractivity contribution in [3.05, 3.63) is 0 Å². The van der Waals surface area contributed by atoms with Crippen LogP contribution < -0.4 is 35.3 Å². The van der Waals surface area contributed by atoms with E-state index in [1.54, 1.807) is 0 Å². The standard InChI is InChI=1S/C8H18S2.CH3NO2.Na.H/c1-3-5-7-9-10-8-6-4-2;2-1(3)4;;/h3-8H2,1-2H3;2H2,(H,3,4);;/q;;+1;-1. The van der Waals surface area contributed by atoms with Crippen molar-refractivity contribution in [3.8, 4) is 0 Å². The van der Waals surface area contributed by atoms with E-state index < -0.39 is 6.09 Å². The molecule has 0 saturated carbocycles. The van der Waals surface area contributed by atoms with Gasteiger partial charge in [0.2, 0.25) is 0 Å². The molecule has 0 bridgehead atoms. The predicted octanol–water partition coefficient (Wildman–Crippen LogP) is 0.708. The molecule has 15 heavy (non-hydrogen) atoms. The van der Waals surface area contributed by atoms with Gasteiger partial charge >= 0.3 is 35.7 Å². The number of primary amides is 1. The molecule has 1 amide bonds. The van der Waals surface area contributed by atoms with Crippen LogP contribution in [-0.2, 0) is 0 Å². The zero-order chi connectivity index (χ0) is 11.2. The fourth-order valence-electron chi connectivity index (χ4n) is 0.524. The van der Waals surface area contributed by atoms with Crippen LogP contribution in [0, 0.1) is 0 Å². The zero-order valence-corrected chi connectivity index (χ0v) is 13.6. The van der Waals surface area contributed by atoms with Crippen LogP contribution in [0.4, 0.5) is 4.79 Å². The van der Waals surface area contributed by atoms with Gasteiger partial charge in [0.05, 0.1) is 0 Å². The fourth-order valence-corrected chi connectivity index (χ4v) is 2.99. The van der Waals surface area contributed by atoms with Gasteiger partial charge < -0.3 is 12.3 Å². The third-order valence-corrected chi connectivity index (χ3v) is 3.82. The molecule has 0 aliphatic rings. The van der Waals surface area contributed by atoms with Crippen molar-refractivity contribution in [3.63, 3.8) is 0 Å². The SMILES string of the molecule is CCCCSSCCCC.NC(=O)O.[H-].[Na+]. The molecule has 0 saturated heterocycles. The van der Waals surface area contributed by atoms with Crippen LogP contribution in [-0.4, -0.2) is 22.7 Å². The summed E-state index contributed by atoms with van der Waals surface area (Å²) in [6.45, 7) is 4.49. The molecular weight excluding hydrogens is 241 g/mol. The van der Waals surface area contributed by atoms with E-state index in [0.29, 0.717) is 0 Å². The van der Waals surface area contributed by atoms with E-state index in [1.807, 2.05) is 21.6 Å². The van der Waals surface area contributed by atoms with Gasteiger partial charge in [-0.15, -0.1) is 0 Å². The van der Waals surface area contributed by atoms with E-state index in [9.17, 15) is 0 Å².